The monoisotopic (exact) mass is 386 g/mol. The van der Waals surface area contributed by atoms with Crippen molar-refractivity contribution >= 4 is 17.8 Å². The number of hydrogen-bond acceptors (Lipinski definition) is 5. The van der Waals surface area contributed by atoms with Gasteiger partial charge in [0.2, 0.25) is 0 Å². The van der Waals surface area contributed by atoms with Gasteiger partial charge in [-0.2, -0.15) is 0 Å². The number of carbonyl (C=O) groups excluding carboxylic acids is 1. The Morgan fingerprint density at radius 3 is 2.82 bits per heavy atom. The van der Waals surface area contributed by atoms with Crippen LogP contribution in [0.25, 0.3) is 5.57 Å². The van der Waals surface area contributed by atoms with E-state index in [1.165, 1.54) is 0 Å². The molecule has 0 aromatic heterocycles. The van der Waals surface area contributed by atoms with Crippen molar-refractivity contribution in [3.8, 4) is 0 Å². The lowest BCUT2D eigenvalue weighted by Gasteiger charge is -2.30. The van der Waals surface area contributed by atoms with Crippen LogP contribution in [0, 0.1) is 11.8 Å². The van der Waals surface area contributed by atoms with E-state index in [4.69, 9.17) is 9.57 Å². The SMILES string of the molecule is CCOC(=O)[C@@H]1CCCN(CCO/N=C/C(=C/CC(C)C)c2ccccc2)C1. The Balaban J connectivity index is 1.81. The second-order valence-electron chi connectivity index (χ2n) is 7.61. The van der Waals surface area contributed by atoms with Gasteiger partial charge in [-0.3, -0.25) is 9.69 Å². The highest BCUT2D eigenvalue weighted by molar-refractivity contribution is 6.09. The Bertz CT molecular complexity index is 641. The lowest BCUT2D eigenvalue weighted by atomic mass is 9.98. The molecule has 0 spiro atoms. The second kappa shape index (κ2) is 12.3. The molecule has 5 nitrogen and oxygen atoms in total. The first-order chi connectivity index (χ1) is 13.6. The standard InChI is InChI=1S/C23H34N2O3/c1-4-27-23(26)22-11-8-14-25(18-22)15-16-28-24-17-21(13-12-19(2)3)20-9-6-5-7-10-20/h5-7,9-10,13,17,19,22H,4,8,11-12,14-16,18H2,1-3H3/b21-13-,24-17+/t22-/m1/s1. The minimum absolute atomic E-state index is 0.0131. The van der Waals surface area contributed by atoms with Gasteiger partial charge in [-0.05, 0) is 49.8 Å². The number of likely N-dealkylation sites (tertiary alicyclic amines) is 1. The molecule has 154 valence electrons. The molecule has 0 unspecified atom stereocenters. The summed E-state index contributed by atoms with van der Waals surface area (Å²) in [6.07, 6.45) is 6.94. The van der Waals surface area contributed by atoms with Crippen LogP contribution in [-0.2, 0) is 14.4 Å². The molecule has 1 fully saturated rings. The number of piperidine rings is 1. The van der Waals surface area contributed by atoms with E-state index in [2.05, 4.69) is 42.1 Å². The fourth-order valence-corrected chi connectivity index (χ4v) is 3.27. The molecule has 1 aliphatic heterocycles. The minimum atomic E-state index is -0.0751. The molecule has 0 amide bonds. The maximum Gasteiger partial charge on any atom is 0.310 e. The molecule has 0 saturated carbocycles. The molecule has 0 radical (unpaired) electrons. The van der Waals surface area contributed by atoms with E-state index in [9.17, 15) is 4.79 Å². The van der Waals surface area contributed by atoms with Gasteiger partial charge in [0.1, 0.15) is 6.61 Å². The van der Waals surface area contributed by atoms with Gasteiger partial charge in [-0.1, -0.05) is 55.4 Å². The Hall–Kier alpha value is -2.14. The van der Waals surface area contributed by atoms with E-state index < -0.39 is 0 Å². The molecular weight excluding hydrogens is 352 g/mol. The average molecular weight is 387 g/mol. The van der Waals surface area contributed by atoms with Gasteiger partial charge in [-0.25, -0.2) is 0 Å². The van der Waals surface area contributed by atoms with Crippen LogP contribution in [0.1, 0.15) is 45.6 Å². The van der Waals surface area contributed by atoms with Crippen LogP contribution < -0.4 is 0 Å². The topological polar surface area (TPSA) is 51.1 Å². The summed E-state index contributed by atoms with van der Waals surface area (Å²) < 4.78 is 5.15. The summed E-state index contributed by atoms with van der Waals surface area (Å²) in [5.41, 5.74) is 2.22. The van der Waals surface area contributed by atoms with Gasteiger partial charge >= 0.3 is 5.97 Å². The van der Waals surface area contributed by atoms with E-state index in [1.807, 2.05) is 25.1 Å². The van der Waals surface area contributed by atoms with Crippen molar-refractivity contribution in [2.75, 3.05) is 32.8 Å². The normalized spacial score (nSPS) is 18.6. The predicted molar refractivity (Wildman–Crippen MR) is 114 cm³/mol. The zero-order valence-electron chi connectivity index (χ0n) is 17.5. The van der Waals surface area contributed by atoms with Crippen molar-refractivity contribution in [1.82, 2.24) is 4.90 Å². The molecule has 1 atom stereocenters. The summed E-state index contributed by atoms with van der Waals surface area (Å²) in [6.45, 7) is 9.72. The summed E-state index contributed by atoms with van der Waals surface area (Å²) in [4.78, 5) is 19.7. The highest BCUT2D eigenvalue weighted by Gasteiger charge is 2.26. The van der Waals surface area contributed by atoms with E-state index in [0.29, 0.717) is 19.1 Å². The van der Waals surface area contributed by atoms with E-state index >= 15 is 0 Å². The van der Waals surface area contributed by atoms with Gasteiger partial charge in [-0.15, -0.1) is 0 Å². The number of allylic oxidation sites excluding steroid dienone is 2. The number of hydrogen-bond donors (Lipinski definition) is 0. The van der Waals surface area contributed by atoms with Crippen molar-refractivity contribution in [3.63, 3.8) is 0 Å². The first kappa shape index (κ1) is 22.2. The van der Waals surface area contributed by atoms with E-state index in [0.717, 1.165) is 50.0 Å². The number of rotatable bonds is 10. The van der Waals surface area contributed by atoms with Crippen LogP contribution in [-0.4, -0.2) is 49.9 Å². The van der Waals surface area contributed by atoms with Crippen LogP contribution in [0.15, 0.2) is 41.6 Å². The number of carbonyl (C=O) groups is 1. The maximum atomic E-state index is 11.9. The Morgan fingerprint density at radius 2 is 2.11 bits per heavy atom. The fraction of sp³-hybridized carbons (Fsp3) is 0.565. The molecule has 0 aliphatic carbocycles. The molecule has 1 aromatic carbocycles. The molecule has 0 N–H and O–H groups in total. The van der Waals surface area contributed by atoms with Gasteiger partial charge in [0.15, 0.2) is 0 Å². The van der Waals surface area contributed by atoms with Crippen molar-refractivity contribution < 1.29 is 14.4 Å². The molecule has 1 heterocycles. The third-order valence-electron chi connectivity index (χ3n) is 4.81. The maximum absolute atomic E-state index is 11.9. The number of ether oxygens (including phenoxy) is 1. The van der Waals surface area contributed by atoms with Gasteiger partial charge < -0.3 is 9.57 Å². The number of esters is 1. The third kappa shape index (κ3) is 7.85. The lowest BCUT2D eigenvalue weighted by molar-refractivity contribution is -0.150. The summed E-state index contributed by atoms with van der Waals surface area (Å²) in [6, 6.07) is 10.2. The molecule has 1 saturated heterocycles. The Morgan fingerprint density at radius 1 is 1.32 bits per heavy atom. The average Bonchev–Trinajstić information content (AvgIpc) is 2.71. The largest absolute Gasteiger partial charge is 0.466 e. The van der Waals surface area contributed by atoms with Crippen LogP contribution >= 0.6 is 0 Å². The highest BCUT2D eigenvalue weighted by Crippen LogP contribution is 2.18. The number of benzene rings is 1. The first-order valence-electron chi connectivity index (χ1n) is 10.4. The zero-order chi connectivity index (χ0) is 20.2. The fourth-order valence-electron chi connectivity index (χ4n) is 3.27. The molecular formula is C23H34N2O3. The third-order valence-corrected chi connectivity index (χ3v) is 4.81. The number of oxime groups is 1. The van der Waals surface area contributed by atoms with Crippen LogP contribution in [0.4, 0.5) is 0 Å². The number of nitrogens with zero attached hydrogens (tertiary/aromatic N) is 2. The van der Waals surface area contributed by atoms with Gasteiger partial charge in [0.05, 0.1) is 18.7 Å². The first-order valence-corrected chi connectivity index (χ1v) is 10.4. The van der Waals surface area contributed by atoms with Crippen molar-refractivity contribution in [3.05, 3.63) is 42.0 Å². The summed E-state index contributed by atoms with van der Waals surface area (Å²) >= 11 is 0. The van der Waals surface area contributed by atoms with Crippen molar-refractivity contribution in [2.24, 2.45) is 17.0 Å². The smallest absolute Gasteiger partial charge is 0.310 e. The van der Waals surface area contributed by atoms with E-state index in [-0.39, 0.29) is 11.9 Å². The lowest BCUT2D eigenvalue weighted by Crippen LogP contribution is -2.40. The predicted octanol–water partition coefficient (Wildman–Crippen LogP) is 4.39. The van der Waals surface area contributed by atoms with E-state index in [1.54, 1.807) is 6.21 Å². The molecule has 1 aliphatic rings. The molecule has 28 heavy (non-hydrogen) atoms. The molecule has 0 bridgehead atoms. The van der Waals surface area contributed by atoms with Crippen LogP contribution in [0.3, 0.4) is 0 Å². The summed E-state index contributed by atoms with van der Waals surface area (Å²) in [5, 5.41) is 4.18. The van der Waals surface area contributed by atoms with Crippen LogP contribution in [0.5, 0.6) is 0 Å². The molecule has 5 heteroatoms. The Labute approximate surface area is 169 Å². The highest BCUT2D eigenvalue weighted by atomic mass is 16.6. The summed E-state index contributed by atoms with van der Waals surface area (Å²) in [7, 11) is 0. The molecule has 1 aromatic rings. The zero-order valence-corrected chi connectivity index (χ0v) is 17.5. The van der Waals surface area contributed by atoms with Crippen LogP contribution in [0.2, 0.25) is 0 Å². The Kier molecular flexibility index (Phi) is 9.77. The second-order valence-corrected chi connectivity index (χ2v) is 7.61. The van der Waals surface area contributed by atoms with Crippen molar-refractivity contribution in [2.45, 2.75) is 40.0 Å². The molecule has 2 rings (SSSR count). The van der Waals surface area contributed by atoms with Gasteiger partial charge in [0.25, 0.3) is 0 Å². The summed E-state index contributed by atoms with van der Waals surface area (Å²) in [5.74, 6) is 0.509. The van der Waals surface area contributed by atoms with Crippen molar-refractivity contribution in [1.29, 1.82) is 0 Å². The quantitative estimate of drug-likeness (QED) is 0.259. The van der Waals surface area contributed by atoms with Gasteiger partial charge in [0, 0.05) is 13.1 Å². The minimum Gasteiger partial charge on any atom is -0.466 e.